The molecule has 0 bridgehead atoms. The van der Waals surface area contributed by atoms with Gasteiger partial charge in [0, 0.05) is 12.3 Å². The number of aryl methyl sites for hydroxylation is 2. The van der Waals surface area contributed by atoms with Gasteiger partial charge in [0.2, 0.25) is 0 Å². The topological polar surface area (TPSA) is 56.8 Å². The van der Waals surface area contributed by atoms with E-state index in [0.717, 1.165) is 22.6 Å². The lowest BCUT2D eigenvalue weighted by Crippen LogP contribution is -2.20. The van der Waals surface area contributed by atoms with Gasteiger partial charge in [-0.05, 0) is 56.7 Å². The van der Waals surface area contributed by atoms with Crippen molar-refractivity contribution in [2.24, 2.45) is 0 Å². The SMILES string of the molecule is CCOCCOc1ccc(NC(=O)COc2ccc(C)cc2C)cc1. The number of carbonyl (C=O) groups excluding carboxylic acids is 1. The highest BCUT2D eigenvalue weighted by Crippen LogP contribution is 2.19. The zero-order valence-corrected chi connectivity index (χ0v) is 15.0. The Labute approximate surface area is 148 Å². The summed E-state index contributed by atoms with van der Waals surface area (Å²) in [4.78, 5) is 12.0. The normalized spacial score (nSPS) is 10.4. The van der Waals surface area contributed by atoms with Gasteiger partial charge in [0.1, 0.15) is 18.1 Å². The summed E-state index contributed by atoms with van der Waals surface area (Å²) in [5.41, 5.74) is 2.88. The van der Waals surface area contributed by atoms with E-state index in [1.807, 2.05) is 51.1 Å². The van der Waals surface area contributed by atoms with E-state index in [1.165, 1.54) is 0 Å². The van der Waals surface area contributed by atoms with Crippen LogP contribution in [0.1, 0.15) is 18.1 Å². The van der Waals surface area contributed by atoms with Crippen molar-refractivity contribution >= 4 is 11.6 Å². The number of anilines is 1. The number of ether oxygens (including phenoxy) is 3. The van der Waals surface area contributed by atoms with E-state index in [4.69, 9.17) is 14.2 Å². The summed E-state index contributed by atoms with van der Waals surface area (Å²) >= 11 is 0. The Kier molecular flexibility index (Phi) is 7.29. The third kappa shape index (κ3) is 6.47. The number of nitrogens with one attached hydrogen (secondary N) is 1. The summed E-state index contributed by atoms with van der Waals surface area (Å²) in [6.07, 6.45) is 0. The minimum atomic E-state index is -0.204. The molecule has 0 aliphatic heterocycles. The van der Waals surface area contributed by atoms with E-state index in [-0.39, 0.29) is 12.5 Å². The first-order valence-corrected chi connectivity index (χ1v) is 8.39. The number of carbonyl (C=O) groups is 1. The van der Waals surface area contributed by atoms with Crippen LogP contribution in [0.2, 0.25) is 0 Å². The molecule has 0 fully saturated rings. The molecule has 0 unspecified atom stereocenters. The van der Waals surface area contributed by atoms with Gasteiger partial charge in [-0.3, -0.25) is 4.79 Å². The lowest BCUT2D eigenvalue weighted by molar-refractivity contribution is -0.118. The first-order valence-electron chi connectivity index (χ1n) is 8.39. The summed E-state index contributed by atoms with van der Waals surface area (Å²) in [6.45, 7) is 7.64. The van der Waals surface area contributed by atoms with Crippen molar-refractivity contribution in [2.45, 2.75) is 20.8 Å². The van der Waals surface area contributed by atoms with Crippen molar-refractivity contribution in [3.63, 3.8) is 0 Å². The van der Waals surface area contributed by atoms with Crippen molar-refractivity contribution in [3.05, 3.63) is 53.6 Å². The van der Waals surface area contributed by atoms with Gasteiger partial charge >= 0.3 is 0 Å². The molecule has 0 aliphatic rings. The van der Waals surface area contributed by atoms with Crippen LogP contribution in [0.3, 0.4) is 0 Å². The second kappa shape index (κ2) is 9.69. The second-order valence-electron chi connectivity index (χ2n) is 5.68. The molecule has 0 heterocycles. The minimum absolute atomic E-state index is 0.0312. The number of rotatable bonds is 9. The van der Waals surface area contributed by atoms with Crippen molar-refractivity contribution in [1.29, 1.82) is 0 Å². The van der Waals surface area contributed by atoms with Crippen LogP contribution in [0, 0.1) is 13.8 Å². The molecule has 0 saturated carbocycles. The maximum atomic E-state index is 12.0. The average molecular weight is 343 g/mol. The zero-order valence-electron chi connectivity index (χ0n) is 15.0. The standard InChI is InChI=1S/C20H25NO4/c1-4-23-11-12-24-18-8-6-17(7-9-18)21-20(22)14-25-19-10-5-15(2)13-16(19)3/h5-10,13H,4,11-12,14H2,1-3H3,(H,21,22). The van der Waals surface area contributed by atoms with Crippen LogP contribution in [0.25, 0.3) is 0 Å². The van der Waals surface area contributed by atoms with Crippen LogP contribution in [-0.2, 0) is 9.53 Å². The molecular formula is C20H25NO4. The lowest BCUT2D eigenvalue weighted by atomic mass is 10.1. The molecule has 5 nitrogen and oxygen atoms in total. The van der Waals surface area contributed by atoms with E-state index in [0.29, 0.717) is 25.5 Å². The molecular weight excluding hydrogens is 318 g/mol. The molecule has 0 aromatic heterocycles. The third-order valence-corrected chi connectivity index (χ3v) is 3.53. The fourth-order valence-corrected chi connectivity index (χ4v) is 2.30. The van der Waals surface area contributed by atoms with E-state index >= 15 is 0 Å². The predicted octanol–water partition coefficient (Wildman–Crippen LogP) is 3.74. The highest BCUT2D eigenvalue weighted by atomic mass is 16.5. The highest BCUT2D eigenvalue weighted by Gasteiger charge is 2.06. The van der Waals surface area contributed by atoms with Gasteiger partial charge in [0.15, 0.2) is 6.61 Å². The Morgan fingerprint density at radius 1 is 1.00 bits per heavy atom. The molecule has 2 rings (SSSR count). The molecule has 1 amide bonds. The molecule has 0 saturated heterocycles. The largest absolute Gasteiger partial charge is 0.491 e. The fraction of sp³-hybridized carbons (Fsp3) is 0.350. The molecule has 25 heavy (non-hydrogen) atoms. The zero-order chi connectivity index (χ0) is 18.1. The molecule has 5 heteroatoms. The Balaban J connectivity index is 1.78. The number of hydrogen-bond donors (Lipinski definition) is 1. The predicted molar refractivity (Wildman–Crippen MR) is 98.5 cm³/mol. The van der Waals surface area contributed by atoms with Crippen molar-refractivity contribution in [3.8, 4) is 11.5 Å². The minimum Gasteiger partial charge on any atom is -0.491 e. The van der Waals surface area contributed by atoms with Gasteiger partial charge in [-0.25, -0.2) is 0 Å². The van der Waals surface area contributed by atoms with Crippen LogP contribution < -0.4 is 14.8 Å². The first kappa shape index (κ1) is 18.8. The number of amides is 1. The molecule has 134 valence electrons. The van der Waals surface area contributed by atoms with E-state index in [2.05, 4.69) is 5.32 Å². The van der Waals surface area contributed by atoms with Crippen molar-refractivity contribution in [2.75, 3.05) is 31.7 Å². The van der Waals surface area contributed by atoms with Gasteiger partial charge in [-0.1, -0.05) is 17.7 Å². The van der Waals surface area contributed by atoms with E-state index in [9.17, 15) is 4.79 Å². The molecule has 0 aliphatic carbocycles. The van der Waals surface area contributed by atoms with Crippen molar-refractivity contribution in [1.82, 2.24) is 0 Å². The van der Waals surface area contributed by atoms with Crippen molar-refractivity contribution < 1.29 is 19.0 Å². The van der Waals surface area contributed by atoms with Crippen LogP contribution in [0.5, 0.6) is 11.5 Å². The monoisotopic (exact) mass is 343 g/mol. The quantitative estimate of drug-likeness (QED) is 0.705. The fourth-order valence-electron chi connectivity index (χ4n) is 2.30. The summed E-state index contributed by atoms with van der Waals surface area (Å²) in [5.74, 6) is 1.26. The lowest BCUT2D eigenvalue weighted by Gasteiger charge is -2.11. The summed E-state index contributed by atoms with van der Waals surface area (Å²) < 4.78 is 16.3. The Bertz CT molecular complexity index is 683. The maximum absolute atomic E-state index is 12.0. The van der Waals surface area contributed by atoms with Gasteiger partial charge in [-0.2, -0.15) is 0 Å². The average Bonchev–Trinajstić information content (AvgIpc) is 2.59. The molecule has 0 radical (unpaired) electrons. The van der Waals surface area contributed by atoms with Crippen LogP contribution in [0.4, 0.5) is 5.69 Å². The maximum Gasteiger partial charge on any atom is 0.262 e. The Morgan fingerprint density at radius 3 is 2.44 bits per heavy atom. The molecule has 2 aromatic carbocycles. The molecule has 0 atom stereocenters. The third-order valence-electron chi connectivity index (χ3n) is 3.53. The Hall–Kier alpha value is -2.53. The summed E-state index contributed by atoms with van der Waals surface area (Å²) in [6, 6.07) is 13.1. The molecule has 0 spiro atoms. The van der Waals surface area contributed by atoms with Gasteiger partial charge in [-0.15, -0.1) is 0 Å². The molecule has 1 N–H and O–H groups in total. The van der Waals surface area contributed by atoms with Gasteiger partial charge in [0.05, 0.1) is 6.61 Å². The summed E-state index contributed by atoms with van der Waals surface area (Å²) in [7, 11) is 0. The molecule has 2 aromatic rings. The number of benzene rings is 2. The highest BCUT2D eigenvalue weighted by molar-refractivity contribution is 5.91. The Morgan fingerprint density at radius 2 is 1.76 bits per heavy atom. The van der Waals surface area contributed by atoms with Crippen LogP contribution in [0.15, 0.2) is 42.5 Å². The van der Waals surface area contributed by atoms with E-state index in [1.54, 1.807) is 12.1 Å². The summed E-state index contributed by atoms with van der Waals surface area (Å²) in [5, 5.41) is 2.80. The number of hydrogen-bond acceptors (Lipinski definition) is 4. The first-order chi connectivity index (χ1) is 12.1. The van der Waals surface area contributed by atoms with Gasteiger partial charge in [0.25, 0.3) is 5.91 Å². The second-order valence-corrected chi connectivity index (χ2v) is 5.68. The van der Waals surface area contributed by atoms with Crippen LogP contribution >= 0.6 is 0 Å². The van der Waals surface area contributed by atoms with E-state index < -0.39 is 0 Å². The van der Waals surface area contributed by atoms with Crippen LogP contribution in [-0.4, -0.2) is 32.3 Å². The smallest absolute Gasteiger partial charge is 0.262 e. The van der Waals surface area contributed by atoms with Gasteiger partial charge < -0.3 is 19.5 Å².